The van der Waals surface area contributed by atoms with Crippen LogP contribution in [0.5, 0.6) is 0 Å². The lowest BCUT2D eigenvalue weighted by Crippen LogP contribution is -2.34. The first kappa shape index (κ1) is 18.7. The number of methoxy groups -OCH3 is 1. The maximum atomic E-state index is 5.68. The molecule has 0 aliphatic heterocycles. The van der Waals surface area contributed by atoms with Gasteiger partial charge in [0.2, 0.25) is 0 Å². The monoisotopic (exact) mass is 369 g/mol. The molecule has 3 N–H and O–H groups in total. The molecule has 0 saturated heterocycles. The van der Waals surface area contributed by atoms with E-state index in [0.29, 0.717) is 26.2 Å². The van der Waals surface area contributed by atoms with Gasteiger partial charge in [0, 0.05) is 32.6 Å². The SMILES string of the molecule is COC(c1cnc[nH]1)N(CCN=Cc1cnc[nH]1)CCN=Cc1cnc[nH]1. The van der Waals surface area contributed by atoms with E-state index in [4.69, 9.17) is 4.74 Å². The standard InChI is InChI=1S/C17H23N9O/c1-27-17(16-10-22-13-25-16)26(4-2-18-6-14-8-20-11-23-14)5-3-19-7-15-9-21-12-24-15/h6-13,17H,2-5H2,1H3,(H,20,23)(H,21,24)(H,22,25). The van der Waals surface area contributed by atoms with Gasteiger partial charge in [0.25, 0.3) is 0 Å². The van der Waals surface area contributed by atoms with Crippen LogP contribution in [-0.2, 0) is 4.74 Å². The van der Waals surface area contributed by atoms with Crippen LogP contribution in [0.4, 0.5) is 0 Å². The molecule has 1 unspecified atom stereocenters. The molecule has 27 heavy (non-hydrogen) atoms. The van der Waals surface area contributed by atoms with Gasteiger partial charge < -0.3 is 19.7 Å². The van der Waals surface area contributed by atoms with Gasteiger partial charge in [-0.15, -0.1) is 0 Å². The minimum Gasteiger partial charge on any atom is -0.360 e. The maximum Gasteiger partial charge on any atom is 0.152 e. The first-order chi connectivity index (χ1) is 13.4. The van der Waals surface area contributed by atoms with Gasteiger partial charge in [0.15, 0.2) is 6.23 Å². The van der Waals surface area contributed by atoms with Crippen LogP contribution in [0.1, 0.15) is 23.3 Å². The van der Waals surface area contributed by atoms with Gasteiger partial charge in [0.1, 0.15) is 0 Å². The number of hydrogen-bond donors (Lipinski definition) is 3. The van der Waals surface area contributed by atoms with E-state index in [0.717, 1.165) is 17.1 Å². The third-order valence-corrected chi connectivity index (χ3v) is 3.87. The number of nitrogens with zero attached hydrogens (tertiary/aromatic N) is 6. The molecular weight excluding hydrogens is 346 g/mol. The molecule has 3 heterocycles. The van der Waals surface area contributed by atoms with Crippen LogP contribution in [0.25, 0.3) is 0 Å². The van der Waals surface area contributed by atoms with E-state index < -0.39 is 0 Å². The molecular formula is C17H23N9O. The number of imidazole rings is 3. The van der Waals surface area contributed by atoms with Gasteiger partial charge >= 0.3 is 0 Å². The van der Waals surface area contributed by atoms with Crippen molar-refractivity contribution in [2.45, 2.75) is 6.23 Å². The Labute approximate surface area is 156 Å². The molecule has 0 aliphatic rings. The molecule has 0 amide bonds. The fourth-order valence-electron chi connectivity index (χ4n) is 2.59. The van der Waals surface area contributed by atoms with Crippen molar-refractivity contribution in [1.82, 2.24) is 34.8 Å². The Kier molecular flexibility index (Phi) is 7.01. The lowest BCUT2D eigenvalue weighted by Gasteiger charge is -2.28. The van der Waals surface area contributed by atoms with E-state index >= 15 is 0 Å². The van der Waals surface area contributed by atoms with Gasteiger partial charge in [-0.2, -0.15) is 0 Å². The lowest BCUT2D eigenvalue weighted by molar-refractivity contribution is -0.0342. The van der Waals surface area contributed by atoms with Crippen LogP contribution in [-0.4, -0.2) is 80.5 Å². The van der Waals surface area contributed by atoms with E-state index in [9.17, 15) is 0 Å². The predicted molar refractivity (Wildman–Crippen MR) is 102 cm³/mol. The summed E-state index contributed by atoms with van der Waals surface area (Å²) in [6, 6.07) is 0. The quantitative estimate of drug-likeness (QED) is 0.344. The molecule has 0 saturated carbocycles. The Hall–Kier alpha value is -3.11. The summed E-state index contributed by atoms with van der Waals surface area (Å²) in [5.74, 6) is 0. The Balaban J connectivity index is 1.58. The molecule has 0 radical (unpaired) electrons. The summed E-state index contributed by atoms with van der Waals surface area (Å²) < 4.78 is 5.68. The van der Waals surface area contributed by atoms with Crippen LogP contribution in [0, 0.1) is 0 Å². The van der Waals surface area contributed by atoms with Crippen molar-refractivity contribution in [2.75, 3.05) is 33.3 Å². The predicted octanol–water partition coefficient (Wildman–Crippen LogP) is 1.04. The van der Waals surface area contributed by atoms with Crippen LogP contribution in [0.2, 0.25) is 0 Å². The minimum absolute atomic E-state index is 0.239. The van der Waals surface area contributed by atoms with Gasteiger partial charge in [0.05, 0.1) is 67.7 Å². The number of hydrogen-bond acceptors (Lipinski definition) is 7. The molecule has 0 fully saturated rings. The van der Waals surface area contributed by atoms with E-state index in [2.05, 4.69) is 44.8 Å². The van der Waals surface area contributed by atoms with Gasteiger partial charge in [-0.05, 0) is 0 Å². The molecule has 3 aromatic rings. The van der Waals surface area contributed by atoms with Gasteiger partial charge in [-0.3, -0.25) is 14.9 Å². The van der Waals surface area contributed by atoms with Crippen LogP contribution in [0.3, 0.4) is 0 Å². The average molecular weight is 369 g/mol. The molecule has 3 rings (SSSR count). The highest BCUT2D eigenvalue weighted by atomic mass is 16.5. The van der Waals surface area contributed by atoms with Crippen LogP contribution < -0.4 is 0 Å². The van der Waals surface area contributed by atoms with Gasteiger partial charge in [-0.25, -0.2) is 15.0 Å². The number of rotatable bonds is 11. The molecule has 0 bridgehead atoms. The number of aromatic amines is 3. The summed E-state index contributed by atoms with van der Waals surface area (Å²) in [4.78, 5) is 32.2. The molecule has 10 heteroatoms. The highest BCUT2D eigenvalue weighted by Gasteiger charge is 2.20. The first-order valence-corrected chi connectivity index (χ1v) is 8.58. The smallest absolute Gasteiger partial charge is 0.152 e. The molecule has 0 aromatic carbocycles. The zero-order chi connectivity index (χ0) is 18.7. The van der Waals surface area contributed by atoms with E-state index in [1.807, 2.05) is 0 Å². The van der Waals surface area contributed by atoms with Crippen molar-refractivity contribution in [3.63, 3.8) is 0 Å². The summed E-state index contributed by atoms with van der Waals surface area (Å²) >= 11 is 0. The Morgan fingerprint density at radius 1 is 0.926 bits per heavy atom. The number of aromatic nitrogens is 6. The lowest BCUT2D eigenvalue weighted by atomic mass is 10.3. The molecule has 142 valence electrons. The maximum absolute atomic E-state index is 5.68. The molecule has 10 nitrogen and oxygen atoms in total. The van der Waals surface area contributed by atoms with Crippen molar-refractivity contribution < 1.29 is 4.74 Å². The second-order valence-electron chi connectivity index (χ2n) is 5.72. The molecule has 0 spiro atoms. The zero-order valence-corrected chi connectivity index (χ0v) is 15.1. The summed E-state index contributed by atoms with van der Waals surface area (Å²) in [5.41, 5.74) is 2.65. The second kappa shape index (κ2) is 10.1. The van der Waals surface area contributed by atoms with Crippen molar-refractivity contribution in [2.24, 2.45) is 9.98 Å². The normalized spacial score (nSPS) is 13.3. The molecule has 3 aromatic heterocycles. The summed E-state index contributed by atoms with van der Waals surface area (Å²) in [6.07, 6.45) is 13.4. The van der Waals surface area contributed by atoms with Crippen molar-refractivity contribution in [3.05, 3.63) is 54.7 Å². The summed E-state index contributed by atoms with van der Waals surface area (Å²) in [7, 11) is 1.68. The van der Waals surface area contributed by atoms with Crippen LogP contribution >= 0.6 is 0 Å². The highest BCUT2D eigenvalue weighted by Crippen LogP contribution is 2.18. The second-order valence-corrected chi connectivity index (χ2v) is 5.72. The Bertz CT molecular complexity index is 745. The first-order valence-electron chi connectivity index (χ1n) is 8.58. The number of ether oxygens (including phenoxy) is 1. The average Bonchev–Trinajstić information content (AvgIpc) is 3.45. The fraction of sp³-hybridized carbons (Fsp3) is 0.353. The van der Waals surface area contributed by atoms with E-state index in [-0.39, 0.29) is 6.23 Å². The van der Waals surface area contributed by atoms with Crippen LogP contribution in [0.15, 0.2) is 47.6 Å². The summed E-state index contributed by atoms with van der Waals surface area (Å²) in [5, 5.41) is 0. The van der Waals surface area contributed by atoms with Crippen molar-refractivity contribution in [1.29, 1.82) is 0 Å². The van der Waals surface area contributed by atoms with Crippen molar-refractivity contribution in [3.8, 4) is 0 Å². The van der Waals surface area contributed by atoms with Crippen molar-refractivity contribution >= 4 is 12.4 Å². The third-order valence-electron chi connectivity index (χ3n) is 3.87. The number of aliphatic imine (C=N–C) groups is 2. The topological polar surface area (TPSA) is 123 Å². The highest BCUT2D eigenvalue weighted by molar-refractivity contribution is 5.76. The van der Waals surface area contributed by atoms with E-state index in [1.54, 1.807) is 57.1 Å². The largest absolute Gasteiger partial charge is 0.360 e. The Morgan fingerprint density at radius 3 is 1.93 bits per heavy atom. The molecule has 1 atom stereocenters. The molecule has 0 aliphatic carbocycles. The fourth-order valence-corrected chi connectivity index (χ4v) is 2.59. The summed E-state index contributed by atoms with van der Waals surface area (Å²) in [6.45, 7) is 2.66. The Morgan fingerprint density at radius 2 is 1.48 bits per heavy atom. The third kappa shape index (κ3) is 5.69. The van der Waals surface area contributed by atoms with E-state index in [1.165, 1.54) is 0 Å². The number of nitrogens with one attached hydrogen (secondary N) is 3. The minimum atomic E-state index is -0.239. The number of H-pyrrole nitrogens is 3. The zero-order valence-electron chi connectivity index (χ0n) is 15.1. The van der Waals surface area contributed by atoms with Gasteiger partial charge in [-0.1, -0.05) is 0 Å².